The number of nitrogens with zero attached hydrogens (tertiary/aromatic N) is 3. The van der Waals surface area contributed by atoms with Crippen molar-refractivity contribution in [1.82, 2.24) is 14.3 Å². The van der Waals surface area contributed by atoms with Gasteiger partial charge in [-0.2, -0.15) is 9.78 Å². The molecule has 0 aliphatic carbocycles. The molecule has 0 aliphatic rings. The number of esters is 1. The Hall–Kier alpha value is -2.37. The van der Waals surface area contributed by atoms with Crippen molar-refractivity contribution in [1.29, 1.82) is 0 Å². The van der Waals surface area contributed by atoms with E-state index >= 15 is 0 Å². The number of hydrogen-bond acceptors (Lipinski definition) is 4. The van der Waals surface area contributed by atoms with Crippen LogP contribution in [-0.2, 0) is 9.53 Å². The monoisotopic (exact) mass is 275 g/mol. The van der Waals surface area contributed by atoms with Gasteiger partial charge in [0.15, 0.2) is 6.04 Å². The van der Waals surface area contributed by atoms with Crippen LogP contribution in [-0.4, -0.2) is 27.4 Å². The fourth-order valence-electron chi connectivity index (χ4n) is 2.00. The molecule has 2 aromatic rings. The number of aromatic nitrogens is 3. The van der Waals surface area contributed by atoms with Gasteiger partial charge in [-0.05, 0) is 32.9 Å². The number of ether oxygens (including phenoxy) is 1. The van der Waals surface area contributed by atoms with E-state index in [0.29, 0.717) is 5.82 Å². The number of methoxy groups -OCH3 is 1. The Morgan fingerprint density at radius 1 is 1.25 bits per heavy atom. The highest BCUT2D eigenvalue weighted by Gasteiger charge is 2.22. The highest BCUT2D eigenvalue weighted by atomic mass is 16.5. The molecule has 6 nitrogen and oxygen atoms in total. The second-order valence-corrected chi connectivity index (χ2v) is 4.64. The molecule has 20 heavy (non-hydrogen) atoms. The summed E-state index contributed by atoms with van der Waals surface area (Å²) in [4.78, 5) is 23.9. The lowest BCUT2D eigenvalue weighted by Gasteiger charge is -2.07. The van der Waals surface area contributed by atoms with Crippen LogP contribution in [0.4, 0.5) is 0 Å². The van der Waals surface area contributed by atoms with Crippen LogP contribution in [0.3, 0.4) is 0 Å². The predicted octanol–water partition coefficient (Wildman–Crippen LogP) is 1.38. The fourth-order valence-corrected chi connectivity index (χ4v) is 2.00. The molecule has 0 fully saturated rings. The topological polar surface area (TPSA) is 66.1 Å². The Kier molecular flexibility index (Phi) is 3.74. The van der Waals surface area contributed by atoms with Gasteiger partial charge in [0, 0.05) is 0 Å². The van der Waals surface area contributed by atoms with Crippen molar-refractivity contribution in [3.63, 3.8) is 0 Å². The molecule has 0 bridgehead atoms. The van der Waals surface area contributed by atoms with Crippen LogP contribution in [0.15, 0.2) is 29.1 Å². The van der Waals surface area contributed by atoms with E-state index in [4.69, 9.17) is 0 Å². The van der Waals surface area contributed by atoms with Gasteiger partial charge in [-0.3, -0.25) is 0 Å². The third-order valence-electron chi connectivity index (χ3n) is 3.16. The largest absolute Gasteiger partial charge is 0.467 e. The summed E-state index contributed by atoms with van der Waals surface area (Å²) in [7, 11) is 1.29. The summed E-state index contributed by atoms with van der Waals surface area (Å²) in [6, 6.07) is 6.78. The van der Waals surface area contributed by atoms with Crippen LogP contribution >= 0.6 is 0 Å². The molecule has 1 heterocycles. The van der Waals surface area contributed by atoms with E-state index in [1.165, 1.54) is 11.7 Å². The van der Waals surface area contributed by atoms with E-state index in [1.54, 1.807) is 13.8 Å². The molecule has 0 unspecified atom stereocenters. The van der Waals surface area contributed by atoms with E-state index < -0.39 is 12.0 Å². The van der Waals surface area contributed by atoms with Crippen molar-refractivity contribution in [2.75, 3.05) is 7.11 Å². The molecule has 0 radical (unpaired) electrons. The first-order chi connectivity index (χ1) is 9.45. The summed E-state index contributed by atoms with van der Waals surface area (Å²) in [6.45, 7) is 5.28. The van der Waals surface area contributed by atoms with Crippen molar-refractivity contribution >= 4 is 5.97 Å². The normalized spacial score (nSPS) is 12.2. The first kappa shape index (κ1) is 14.0. The van der Waals surface area contributed by atoms with E-state index in [9.17, 15) is 9.59 Å². The molecule has 1 atom stereocenters. The van der Waals surface area contributed by atoms with Gasteiger partial charge in [-0.15, -0.1) is 0 Å². The maximum Gasteiger partial charge on any atom is 0.351 e. The Labute approximate surface area is 116 Å². The van der Waals surface area contributed by atoms with Crippen molar-refractivity contribution in [3.8, 4) is 5.69 Å². The summed E-state index contributed by atoms with van der Waals surface area (Å²) >= 11 is 0. The molecule has 0 saturated carbocycles. The fraction of sp³-hybridized carbons (Fsp3) is 0.357. The first-order valence-corrected chi connectivity index (χ1v) is 6.28. The zero-order chi connectivity index (χ0) is 14.9. The average Bonchev–Trinajstić information content (AvgIpc) is 2.73. The molecule has 0 saturated heterocycles. The second-order valence-electron chi connectivity index (χ2n) is 4.64. The van der Waals surface area contributed by atoms with Crippen LogP contribution in [0.25, 0.3) is 5.69 Å². The Balaban J connectivity index is 2.52. The summed E-state index contributed by atoms with van der Waals surface area (Å²) in [5.74, 6) is 0.0234. The highest BCUT2D eigenvalue weighted by molar-refractivity contribution is 5.73. The maximum atomic E-state index is 12.4. The van der Waals surface area contributed by atoms with Gasteiger partial charge in [0.25, 0.3) is 0 Å². The molecular weight excluding hydrogens is 258 g/mol. The maximum absolute atomic E-state index is 12.4. The number of hydrogen-bond donors (Lipinski definition) is 0. The van der Waals surface area contributed by atoms with Crippen molar-refractivity contribution < 1.29 is 9.53 Å². The van der Waals surface area contributed by atoms with Gasteiger partial charge >= 0.3 is 11.7 Å². The molecule has 106 valence electrons. The molecule has 6 heteroatoms. The standard InChI is InChI=1S/C14H17N3O3/c1-9-5-7-12(8-6-9)16-11(3)15-17(14(16)19)10(2)13(18)20-4/h5-8,10H,1-4H3/t10-/m1/s1. The smallest absolute Gasteiger partial charge is 0.351 e. The number of carbonyl (C=O) groups excluding carboxylic acids is 1. The van der Waals surface area contributed by atoms with E-state index in [0.717, 1.165) is 15.9 Å². The number of rotatable bonds is 3. The number of benzene rings is 1. The Morgan fingerprint density at radius 3 is 2.40 bits per heavy atom. The average molecular weight is 275 g/mol. The minimum absolute atomic E-state index is 0.357. The quantitative estimate of drug-likeness (QED) is 0.794. The zero-order valence-electron chi connectivity index (χ0n) is 12.0. The van der Waals surface area contributed by atoms with Gasteiger partial charge < -0.3 is 4.74 Å². The third-order valence-corrected chi connectivity index (χ3v) is 3.16. The summed E-state index contributed by atoms with van der Waals surface area (Å²) in [5, 5.41) is 4.14. The van der Waals surface area contributed by atoms with Crippen LogP contribution in [0.1, 0.15) is 24.4 Å². The Morgan fingerprint density at radius 2 is 1.85 bits per heavy atom. The lowest BCUT2D eigenvalue weighted by atomic mass is 10.2. The van der Waals surface area contributed by atoms with Crippen LogP contribution in [0, 0.1) is 13.8 Å². The summed E-state index contributed by atoms with van der Waals surface area (Å²) in [5.41, 5.74) is 1.47. The van der Waals surface area contributed by atoms with Crippen LogP contribution in [0.2, 0.25) is 0 Å². The number of carbonyl (C=O) groups is 1. The van der Waals surface area contributed by atoms with Crippen molar-refractivity contribution in [2.45, 2.75) is 26.8 Å². The molecular formula is C14H17N3O3. The lowest BCUT2D eigenvalue weighted by Crippen LogP contribution is -2.30. The van der Waals surface area contributed by atoms with E-state index in [2.05, 4.69) is 9.84 Å². The molecule has 2 rings (SSSR count). The molecule has 0 amide bonds. The zero-order valence-corrected chi connectivity index (χ0v) is 12.0. The minimum atomic E-state index is -0.752. The van der Waals surface area contributed by atoms with Gasteiger partial charge in [-0.1, -0.05) is 17.7 Å². The minimum Gasteiger partial charge on any atom is -0.467 e. The van der Waals surface area contributed by atoms with Crippen LogP contribution in [0.5, 0.6) is 0 Å². The van der Waals surface area contributed by atoms with E-state index in [-0.39, 0.29) is 5.69 Å². The van der Waals surface area contributed by atoms with Crippen molar-refractivity contribution in [2.24, 2.45) is 0 Å². The first-order valence-electron chi connectivity index (χ1n) is 6.28. The van der Waals surface area contributed by atoms with Crippen molar-refractivity contribution in [3.05, 3.63) is 46.1 Å². The van der Waals surface area contributed by atoms with Gasteiger partial charge in [0.2, 0.25) is 0 Å². The van der Waals surface area contributed by atoms with E-state index in [1.807, 2.05) is 31.2 Å². The Bertz CT molecular complexity index is 683. The SMILES string of the molecule is COC(=O)[C@@H](C)n1nc(C)n(-c2ccc(C)cc2)c1=O. The molecule has 0 spiro atoms. The van der Waals surface area contributed by atoms with Gasteiger partial charge in [-0.25, -0.2) is 14.2 Å². The molecule has 1 aromatic carbocycles. The molecule has 1 aromatic heterocycles. The molecule has 0 N–H and O–H groups in total. The van der Waals surface area contributed by atoms with Gasteiger partial charge in [0.1, 0.15) is 5.82 Å². The lowest BCUT2D eigenvalue weighted by molar-refractivity contribution is -0.144. The molecule has 0 aliphatic heterocycles. The predicted molar refractivity (Wildman–Crippen MR) is 74.0 cm³/mol. The van der Waals surface area contributed by atoms with Gasteiger partial charge in [0.05, 0.1) is 12.8 Å². The third kappa shape index (κ3) is 2.36. The second kappa shape index (κ2) is 5.32. The number of aryl methyl sites for hydroxylation is 2. The summed E-state index contributed by atoms with van der Waals surface area (Å²) < 4.78 is 7.26. The van der Waals surface area contributed by atoms with Crippen LogP contribution < -0.4 is 5.69 Å². The summed E-state index contributed by atoms with van der Waals surface area (Å²) in [6.07, 6.45) is 0. The highest BCUT2D eigenvalue weighted by Crippen LogP contribution is 2.11.